The van der Waals surface area contributed by atoms with Gasteiger partial charge in [0.2, 0.25) is 0 Å². The lowest BCUT2D eigenvalue weighted by Crippen LogP contribution is -2.43. The van der Waals surface area contributed by atoms with Gasteiger partial charge in [0.1, 0.15) is 5.84 Å². The molecule has 2 amide bonds. The Hall–Kier alpha value is -1.59. The Labute approximate surface area is 80.7 Å². The molecule has 2 rings (SSSR count). The molecule has 0 spiro atoms. The minimum absolute atomic E-state index is 0.0891. The van der Waals surface area contributed by atoms with Gasteiger partial charge in [0.15, 0.2) is 6.04 Å². The molecule has 1 unspecified atom stereocenters. The summed E-state index contributed by atoms with van der Waals surface area (Å²) in [6.45, 7) is 0. The van der Waals surface area contributed by atoms with Gasteiger partial charge in [-0.05, 0) is 12.8 Å². The van der Waals surface area contributed by atoms with Crippen molar-refractivity contribution in [3.8, 4) is 0 Å². The number of ether oxygens (including phenoxy) is 1. The topological polar surface area (TPSA) is 82.5 Å². The van der Waals surface area contributed by atoms with Crippen LogP contribution in [0.25, 0.3) is 0 Å². The molecule has 0 aromatic carbocycles. The van der Waals surface area contributed by atoms with Crippen molar-refractivity contribution in [3.05, 3.63) is 0 Å². The van der Waals surface area contributed by atoms with Gasteiger partial charge in [-0.2, -0.15) is 0 Å². The van der Waals surface area contributed by atoms with Gasteiger partial charge >= 0.3 is 12.0 Å². The van der Waals surface area contributed by atoms with Crippen molar-refractivity contribution in [2.75, 3.05) is 7.11 Å². The number of carbonyl (C=O) groups excluding carboxylic acids is 2. The van der Waals surface area contributed by atoms with Gasteiger partial charge in [-0.15, -0.1) is 0 Å². The first kappa shape index (κ1) is 8.98. The summed E-state index contributed by atoms with van der Waals surface area (Å²) in [4.78, 5) is 24.1. The zero-order valence-corrected chi connectivity index (χ0v) is 7.74. The molecule has 1 aliphatic heterocycles. The maximum atomic E-state index is 11.4. The fourth-order valence-corrected chi connectivity index (χ4v) is 1.58. The van der Waals surface area contributed by atoms with E-state index in [-0.39, 0.29) is 17.9 Å². The number of nitrogens with zero attached hydrogens (tertiary/aromatic N) is 1. The maximum Gasteiger partial charge on any atom is 0.336 e. The molecular weight excluding hydrogens is 186 g/mol. The van der Waals surface area contributed by atoms with E-state index in [1.165, 1.54) is 12.0 Å². The number of amides is 2. The summed E-state index contributed by atoms with van der Waals surface area (Å²) in [6, 6.07) is -1.13. The summed E-state index contributed by atoms with van der Waals surface area (Å²) in [5, 5.41) is 9.77. The molecule has 6 heteroatoms. The van der Waals surface area contributed by atoms with Crippen molar-refractivity contribution in [1.29, 1.82) is 5.41 Å². The predicted octanol–water partition coefficient (Wildman–Crippen LogP) is -0.307. The Morgan fingerprint density at radius 2 is 2.29 bits per heavy atom. The summed E-state index contributed by atoms with van der Waals surface area (Å²) >= 11 is 0. The van der Waals surface area contributed by atoms with Crippen LogP contribution in [0.3, 0.4) is 0 Å². The first-order valence-electron chi connectivity index (χ1n) is 4.40. The first-order chi connectivity index (χ1) is 6.65. The quantitative estimate of drug-likeness (QED) is 0.596. The van der Waals surface area contributed by atoms with Crippen molar-refractivity contribution >= 4 is 17.8 Å². The molecule has 2 fully saturated rings. The number of nitrogens with one attached hydrogen (secondary N) is 2. The predicted molar refractivity (Wildman–Crippen MR) is 46.9 cm³/mol. The SMILES string of the molecule is COC(=O)C1C(=N)NC(=O)N1C1CC1. The molecule has 1 aliphatic carbocycles. The molecular formula is C8H11N3O3. The lowest BCUT2D eigenvalue weighted by molar-refractivity contribution is -0.143. The summed E-state index contributed by atoms with van der Waals surface area (Å²) < 4.78 is 4.55. The second-order valence-electron chi connectivity index (χ2n) is 3.41. The van der Waals surface area contributed by atoms with Crippen LogP contribution in [0.5, 0.6) is 0 Å². The summed E-state index contributed by atoms with van der Waals surface area (Å²) in [5.74, 6) is -0.644. The van der Waals surface area contributed by atoms with E-state index in [0.717, 1.165) is 12.8 Å². The molecule has 1 heterocycles. The lowest BCUT2D eigenvalue weighted by atomic mass is 10.2. The Morgan fingerprint density at radius 1 is 1.64 bits per heavy atom. The zero-order valence-electron chi connectivity index (χ0n) is 7.74. The second kappa shape index (κ2) is 2.97. The summed E-state index contributed by atoms with van der Waals surface area (Å²) in [6.07, 6.45) is 1.79. The number of hydrogen-bond donors (Lipinski definition) is 2. The van der Waals surface area contributed by atoms with Gasteiger partial charge in [0.05, 0.1) is 7.11 Å². The molecule has 1 saturated carbocycles. The molecule has 0 aromatic heterocycles. The molecule has 6 nitrogen and oxygen atoms in total. The second-order valence-corrected chi connectivity index (χ2v) is 3.41. The van der Waals surface area contributed by atoms with Crippen molar-refractivity contribution in [2.45, 2.75) is 24.9 Å². The fourth-order valence-electron chi connectivity index (χ4n) is 1.58. The van der Waals surface area contributed by atoms with Crippen molar-refractivity contribution in [2.24, 2.45) is 0 Å². The third-order valence-electron chi connectivity index (χ3n) is 2.39. The minimum atomic E-state index is -0.861. The van der Waals surface area contributed by atoms with Gasteiger partial charge in [-0.1, -0.05) is 0 Å². The lowest BCUT2D eigenvalue weighted by Gasteiger charge is -2.19. The van der Waals surface area contributed by atoms with E-state index in [9.17, 15) is 9.59 Å². The van der Waals surface area contributed by atoms with Crippen LogP contribution in [0.15, 0.2) is 0 Å². The van der Waals surface area contributed by atoms with Crippen LogP contribution in [0, 0.1) is 5.41 Å². The van der Waals surface area contributed by atoms with Crippen LogP contribution < -0.4 is 5.32 Å². The van der Waals surface area contributed by atoms with Crippen molar-refractivity contribution in [1.82, 2.24) is 10.2 Å². The molecule has 14 heavy (non-hydrogen) atoms. The molecule has 2 N–H and O–H groups in total. The molecule has 0 bridgehead atoms. The number of methoxy groups -OCH3 is 1. The number of amidine groups is 1. The Bertz CT molecular complexity index is 311. The maximum absolute atomic E-state index is 11.4. The molecule has 76 valence electrons. The van der Waals surface area contributed by atoms with E-state index in [1.807, 2.05) is 0 Å². The van der Waals surface area contributed by atoms with E-state index in [1.54, 1.807) is 0 Å². The van der Waals surface area contributed by atoms with Crippen LogP contribution in [-0.2, 0) is 9.53 Å². The van der Waals surface area contributed by atoms with Gasteiger partial charge in [0.25, 0.3) is 0 Å². The van der Waals surface area contributed by atoms with Crippen LogP contribution >= 0.6 is 0 Å². The van der Waals surface area contributed by atoms with Gasteiger partial charge in [-0.25, -0.2) is 9.59 Å². The number of urea groups is 1. The van der Waals surface area contributed by atoms with Gasteiger partial charge < -0.3 is 9.64 Å². The average molecular weight is 197 g/mol. The normalized spacial score (nSPS) is 26.4. The van der Waals surface area contributed by atoms with Crippen molar-refractivity contribution in [3.63, 3.8) is 0 Å². The molecule has 1 saturated heterocycles. The molecule has 1 atom stereocenters. The van der Waals surface area contributed by atoms with E-state index in [2.05, 4.69) is 10.1 Å². The smallest absolute Gasteiger partial charge is 0.336 e. The van der Waals surface area contributed by atoms with Crippen LogP contribution in [-0.4, -0.2) is 41.9 Å². The Kier molecular flexibility index (Phi) is 1.90. The number of hydrogen-bond acceptors (Lipinski definition) is 4. The van der Waals surface area contributed by atoms with Crippen molar-refractivity contribution < 1.29 is 14.3 Å². The van der Waals surface area contributed by atoms with Gasteiger partial charge in [0, 0.05) is 6.04 Å². The standard InChI is InChI=1S/C8H11N3O3/c1-14-7(12)5-6(9)10-8(13)11(5)4-2-3-4/h4-5H,2-3H2,1H3,(H2,9,10,13). The Morgan fingerprint density at radius 3 is 2.79 bits per heavy atom. The monoisotopic (exact) mass is 197 g/mol. The third kappa shape index (κ3) is 1.23. The van der Waals surface area contributed by atoms with Gasteiger partial charge in [-0.3, -0.25) is 10.7 Å². The number of rotatable bonds is 2. The molecule has 0 aromatic rings. The number of carbonyl (C=O) groups is 2. The minimum Gasteiger partial charge on any atom is -0.467 e. The van der Waals surface area contributed by atoms with Crippen LogP contribution in [0.2, 0.25) is 0 Å². The van der Waals surface area contributed by atoms with E-state index >= 15 is 0 Å². The summed E-state index contributed by atoms with van der Waals surface area (Å²) in [7, 11) is 1.25. The first-order valence-corrected chi connectivity index (χ1v) is 4.40. The fraction of sp³-hybridized carbons (Fsp3) is 0.625. The van der Waals surface area contributed by atoms with Crippen LogP contribution in [0.1, 0.15) is 12.8 Å². The van der Waals surface area contributed by atoms with E-state index in [0.29, 0.717) is 0 Å². The molecule has 2 aliphatic rings. The van der Waals surface area contributed by atoms with E-state index in [4.69, 9.17) is 5.41 Å². The largest absolute Gasteiger partial charge is 0.467 e. The Balaban J connectivity index is 2.22. The highest BCUT2D eigenvalue weighted by Gasteiger charge is 2.48. The average Bonchev–Trinajstić information content (AvgIpc) is 2.91. The highest BCUT2D eigenvalue weighted by atomic mass is 16.5. The van der Waals surface area contributed by atoms with E-state index < -0.39 is 12.0 Å². The molecule has 0 radical (unpaired) electrons. The highest BCUT2D eigenvalue weighted by molar-refractivity contribution is 6.16. The van der Waals surface area contributed by atoms with Crippen LogP contribution in [0.4, 0.5) is 4.79 Å². The zero-order chi connectivity index (χ0) is 10.3. The third-order valence-corrected chi connectivity index (χ3v) is 2.39. The number of esters is 1. The summed E-state index contributed by atoms with van der Waals surface area (Å²) in [5.41, 5.74) is 0. The highest BCUT2D eigenvalue weighted by Crippen LogP contribution is 2.31.